The van der Waals surface area contributed by atoms with Gasteiger partial charge in [-0.1, -0.05) is 6.07 Å². The topological polar surface area (TPSA) is 29.5 Å². The van der Waals surface area contributed by atoms with Crippen LogP contribution in [-0.4, -0.2) is 12.2 Å². The number of benzene rings is 1. The summed E-state index contributed by atoms with van der Waals surface area (Å²) in [6.07, 6.45) is 6.64. The summed E-state index contributed by atoms with van der Waals surface area (Å²) in [5.41, 5.74) is 1.68. The molecule has 1 N–H and O–H groups in total. The molecule has 2 fully saturated rings. The van der Waals surface area contributed by atoms with Gasteiger partial charge in [0.2, 0.25) is 0 Å². The van der Waals surface area contributed by atoms with E-state index >= 15 is 0 Å². The maximum absolute atomic E-state index is 9.85. The Balaban J connectivity index is 1.98. The fourth-order valence-electron chi connectivity index (χ4n) is 3.62. The Kier molecular flexibility index (Phi) is 2.13. The van der Waals surface area contributed by atoms with E-state index in [9.17, 15) is 5.11 Å². The minimum absolute atomic E-state index is 0.282. The van der Waals surface area contributed by atoms with Gasteiger partial charge in [0, 0.05) is 0 Å². The van der Waals surface area contributed by atoms with Gasteiger partial charge in [-0.15, -0.1) is 0 Å². The summed E-state index contributed by atoms with van der Waals surface area (Å²) in [7, 11) is 1.59. The lowest BCUT2D eigenvalue weighted by molar-refractivity contribution is 0.369. The number of rotatable bonds is 2. The summed E-state index contributed by atoms with van der Waals surface area (Å²) in [6.45, 7) is 0. The second-order valence-corrected chi connectivity index (χ2v) is 5.31. The number of ether oxygens (including phenoxy) is 1. The summed E-state index contributed by atoms with van der Waals surface area (Å²) < 4.78 is 5.09. The van der Waals surface area contributed by atoms with Gasteiger partial charge in [0.25, 0.3) is 0 Å². The zero-order valence-electron chi connectivity index (χ0n) is 9.70. The molecule has 0 aromatic heterocycles. The van der Waals surface area contributed by atoms with Gasteiger partial charge in [-0.05, 0) is 61.1 Å². The molecule has 16 heavy (non-hydrogen) atoms. The van der Waals surface area contributed by atoms with Gasteiger partial charge in [0.15, 0.2) is 11.5 Å². The van der Waals surface area contributed by atoms with Crippen LogP contribution in [0.25, 0.3) is 0 Å². The fraction of sp³-hybridized carbons (Fsp3) is 0.571. The van der Waals surface area contributed by atoms with Crippen LogP contribution in [0.2, 0.25) is 0 Å². The maximum atomic E-state index is 9.85. The smallest absolute Gasteiger partial charge is 0.160 e. The fourth-order valence-corrected chi connectivity index (χ4v) is 3.62. The number of phenolic OH excluding ortho intramolecular Hbond substituents is 1. The third-order valence-electron chi connectivity index (χ3n) is 4.53. The van der Waals surface area contributed by atoms with Crippen LogP contribution >= 0.6 is 0 Å². The van der Waals surface area contributed by atoms with Crippen molar-refractivity contribution in [3.05, 3.63) is 23.8 Å². The van der Waals surface area contributed by atoms with Gasteiger partial charge in [-0.25, -0.2) is 0 Å². The average molecular weight is 218 g/mol. The number of aromatic hydroxyl groups is 1. The maximum Gasteiger partial charge on any atom is 0.160 e. The lowest BCUT2D eigenvalue weighted by Crippen LogP contribution is -2.19. The lowest BCUT2D eigenvalue weighted by Gasteiger charge is -2.27. The van der Waals surface area contributed by atoms with E-state index in [0.29, 0.717) is 11.2 Å². The normalized spacial score (nSPS) is 31.9. The zero-order chi connectivity index (χ0) is 11.2. The first-order valence-electron chi connectivity index (χ1n) is 6.11. The molecule has 1 aromatic carbocycles. The number of methoxy groups -OCH3 is 1. The minimum atomic E-state index is 0.282. The quantitative estimate of drug-likeness (QED) is 0.825. The van der Waals surface area contributed by atoms with E-state index < -0.39 is 0 Å². The zero-order valence-corrected chi connectivity index (χ0v) is 9.70. The summed E-state index contributed by atoms with van der Waals surface area (Å²) in [5, 5.41) is 9.85. The second-order valence-electron chi connectivity index (χ2n) is 5.31. The Labute approximate surface area is 96.2 Å². The van der Waals surface area contributed by atoms with E-state index in [1.807, 2.05) is 12.1 Å². The van der Waals surface area contributed by atoms with Crippen LogP contribution in [0.1, 0.15) is 37.7 Å². The molecule has 0 radical (unpaired) electrons. The Morgan fingerprint density at radius 1 is 1.31 bits per heavy atom. The molecule has 2 nitrogen and oxygen atoms in total. The van der Waals surface area contributed by atoms with Crippen molar-refractivity contribution in [2.75, 3.05) is 7.11 Å². The highest BCUT2D eigenvalue weighted by atomic mass is 16.5. The molecule has 0 amide bonds. The van der Waals surface area contributed by atoms with Crippen molar-refractivity contribution in [2.24, 2.45) is 5.92 Å². The van der Waals surface area contributed by atoms with Gasteiger partial charge in [0.1, 0.15) is 0 Å². The van der Waals surface area contributed by atoms with Crippen LogP contribution in [0.15, 0.2) is 18.2 Å². The third-order valence-corrected chi connectivity index (χ3v) is 4.53. The predicted molar refractivity (Wildman–Crippen MR) is 62.9 cm³/mol. The molecule has 2 bridgehead atoms. The molecule has 2 heteroatoms. The summed E-state index contributed by atoms with van der Waals surface area (Å²) >= 11 is 0. The molecule has 0 aliphatic heterocycles. The Morgan fingerprint density at radius 3 is 2.56 bits per heavy atom. The molecule has 0 spiro atoms. The standard InChI is InChI=1S/C14H18O2/c1-16-13-3-2-11(8-12(13)15)14-6-4-10(9-14)5-7-14/h2-3,8,10,15H,4-7,9H2,1H3. The predicted octanol–water partition coefficient (Wildman–Crippen LogP) is 3.23. The highest BCUT2D eigenvalue weighted by molar-refractivity contribution is 5.45. The molecule has 2 aliphatic rings. The molecule has 3 rings (SSSR count). The van der Waals surface area contributed by atoms with Gasteiger partial charge < -0.3 is 9.84 Å². The molecular weight excluding hydrogens is 200 g/mol. The number of hydrogen-bond donors (Lipinski definition) is 1. The molecule has 0 atom stereocenters. The van der Waals surface area contributed by atoms with E-state index in [-0.39, 0.29) is 5.75 Å². The molecule has 2 aliphatic carbocycles. The van der Waals surface area contributed by atoms with Gasteiger partial charge >= 0.3 is 0 Å². The van der Waals surface area contributed by atoms with Crippen LogP contribution in [-0.2, 0) is 5.41 Å². The Bertz CT molecular complexity index is 403. The molecule has 0 saturated heterocycles. The first-order valence-corrected chi connectivity index (χ1v) is 6.11. The van der Waals surface area contributed by atoms with E-state index in [1.54, 1.807) is 7.11 Å². The first kappa shape index (κ1) is 10.0. The van der Waals surface area contributed by atoms with Crippen LogP contribution < -0.4 is 4.74 Å². The van der Waals surface area contributed by atoms with Crippen LogP contribution in [0.3, 0.4) is 0 Å². The molecule has 86 valence electrons. The minimum Gasteiger partial charge on any atom is -0.504 e. The number of phenols is 1. The van der Waals surface area contributed by atoms with Crippen molar-refractivity contribution < 1.29 is 9.84 Å². The summed E-state index contributed by atoms with van der Waals surface area (Å²) in [5.74, 6) is 1.79. The van der Waals surface area contributed by atoms with E-state index in [1.165, 1.54) is 37.7 Å². The van der Waals surface area contributed by atoms with E-state index in [2.05, 4.69) is 6.07 Å². The summed E-state index contributed by atoms with van der Waals surface area (Å²) in [4.78, 5) is 0. The molecular formula is C14H18O2. The second kappa shape index (κ2) is 3.41. The van der Waals surface area contributed by atoms with Crippen molar-refractivity contribution in [3.8, 4) is 11.5 Å². The lowest BCUT2D eigenvalue weighted by atomic mass is 9.78. The van der Waals surface area contributed by atoms with Crippen molar-refractivity contribution in [2.45, 2.75) is 37.5 Å². The first-order chi connectivity index (χ1) is 7.73. The van der Waals surface area contributed by atoms with E-state index in [4.69, 9.17) is 4.74 Å². The van der Waals surface area contributed by atoms with Crippen molar-refractivity contribution >= 4 is 0 Å². The Hall–Kier alpha value is -1.18. The Morgan fingerprint density at radius 2 is 2.06 bits per heavy atom. The van der Waals surface area contributed by atoms with Gasteiger partial charge in [-0.2, -0.15) is 0 Å². The SMILES string of the molecule is COc1ccc(C23CCC(CC2)C3)cc1O. The van der Waals surface area contributed by atoms with Crippen LogP contribution in [0, 0.1) is 5.92 Å². The molecule has 0 unspecified atom stereocenters. The van der Waals surface area contributed by atoms with Crippen molar-refractivity contribution in [3.63, 3.8) is 0 Å². The van der Waals surface area contributed by atoms with Crippen LogP contribution in [0.4, 0.5) is 0 Å². The molecule has 1 aromatic rings. The van der Waals surface area contributed by atoms with Crippen LogP contribution in [0.5, 0.6) is 11.5 Å². The highest BCUT2D eigenvalue weighted by Gasteiger charge is 2.45. The molecule has 0 heterocycles. The van der Waals surface area contributed by atoms with Gasteiger partial charge in [0.05, 0.1) is 7.11 Å². The number of fused-ring (bicyclic) bond motifs is 2. The monoisotopic (exact) mass is 218 g/mol. The van der Waals surface area contributed by atoms with Crippen molar-refractivity contribution in [1.82, 2.24) is 0 Å². The highest BCUT2D eigenvalue weighted by Crippen LogP contribution is 2.55. The molecule has 2 saturated carbocycles. The largest absolute Gasteiger partial charge is 0.504 e. The van der Waals surface area contributed by atoms with E-state index in [0.717, 1.165) is 5.92 Å². The summed E-state index contributed by atoms with van der Waals surface area (Å²) in [6, 6.07) is 5.93. The number of hydrogen-bond acceptors (Lipinski definition) is 2. The average Bonchev–Trinajstić information content (AvgIpc) is 2.90. The van der Waals surface area contributed by atoms with Gasteiger partial charge in [-0.3, -0.25) is 0 Å². The van der Waals surface area contributed by atoms with Crippen molar-refractivity contribution in [1.29, 1.82) is 0 Å². The third kappa shape index (κ3) is 1.32.